The van der Waals surface area contributed by atoms with Crippen molar-refractivity contribution < 1.29 is 4.79 Å². The number of amides is 2. The molecular weight excluding hydrogens is 334 g/mol. The minimum Gasteiger partial charge on any atom is -0.320 e. The summed E-state index contributed by atoms with van der Waals surface area (Å²) in [4.78, 5) is 19.2. The smallest absolute Gasteiger partial charge is 0.320 e. The number of anilines is 1. The van der Waals surface area contributed by atoms with Gasteiger partial charge in [-0.05, 0) is 41.8 Å². The molecular formula is C20H18ClN3O. The average Bonchev–Trinajstić information content (AvgIpc) is 3.07. The minimum atomic E-state index is -0.0896. The molecule has 0 saturated carbocycles. The standard InChI is InChI=1S/C20H18ClN3O/c21-16-6-8-17(9-7-16)23-20(25)24-11-10-15-12-22-19(18(15)13-24)14-4-2-1-3-5-14/h1-9H,10-13H2,(H,23,25). The number of urea groups is 1. The van der Waals surface area contributed by atoms with E-state index in [9.17, 15) is 4.79 Å². The quantitative estimate of drug-likeness (QED) is 0.857. The highest BCUT2D eigenvalue weighted by Crippen LogP contribution is 2.28. The molecule has 0 atom stereocenters. The van der Waals surface area contributed by atoms with Crippen molar-refractivity contribution in [3.05, 3.63) is 76.3 Å². The maximum Gasteiger partial charge on any atom is 0.322 e. The second kappa shape index (κ2) is 6.73. The molecule has 0 aliphatic carbocycles. The second-order valence-electron chi connectivity index (χ2n) is 6.22. The van der Waals surface area contributed by atoms with Crippen LogP contribution < -0.4 is 5.32 Å². The molecule has 2 aliphatic rings. The number of nitrogens with one attached hydrogen (secondary N) is 1. The fourth-order valence-electron chi connectivity index (χ4n) is 3.26. The van der Waals surface area contributed by atoms with E-state index in [1.54, 1.807) is 24.3 Å². The van der Waals surface area contributed by atoms with Crippen LogP contribution in [0.4, 0.5) is 10.5 Å². The molecule has 2 aromatic rings. The zero-order valence-corrected chi connectivity index (χ0v) is 14.5. The van der Waals surface area contributed by atoms with Gasteiger partial charge in [0.15, 0.2) is 0 Å². The van der Waals surface area contributed by atoms with Crippen molar-refractivity contribution in [1.29, 1.82) is 0 Å². The number of benzene rings is 2. The van der Waals surface area contributed by atoms with Crippen LogP contribution >= 0.6 is 11.6 Å². The molecule has 5 heteroatoms. The third-order valence-electron chi connectivity index (χ3n) is 4.60. The molecule has 0 radical (unpaired) electrons. The summed E-state index contributed by atoms with van der Waals surface area (Å²) in [5.41, 5.74) is 5.45. The summed E-state index contributed by atoms with van der Waals surface area (Å²) < 4.78 is 0. The van der Waals surface area contributed by atoms with Gasteiger partial charge in [0, 0.05) is 29.4 Å². The Morgan fingerprint density at radius 2 is 1.84 bits per heavy atom. The largest absolute Gasteiger partial charge is 0.322 e. The third kappa shape index (κ3) is 3.30. The van der Waals surface area contributed by atoms with Crippen LogP contribution in [0.3, 0.4) is 0 Å². The molecule has 2 amide bonds. The zero-order chi connectivity index (χ0) is 17.2. The van der Waals surface area contributed by atoms with Gasteiger partial charge < -0.3 is 10.2 Å². The first kappa shape index (κ1) is 15.9. The predicted molar refractivity (Wildman–Crippen MR) is 102 cm³/mol. The van der Waals surface area contributed by atoms with E-state index >= 15 is 0 Å². The number of carbonyl (C=O) groups excluding carboxylic acids is 1. The number of hydrogen-bond donors (Lipinski definition) is 1. The molecule has 1 N–H and O–H groups in total. The Morgan fingerprint density at radius 3 is 2.60 bits per heavy atom. The summed E-state index contributed by atoms with van der Waals surface area (Å²) in [6.07, 6.45) is 0.878. The normalized spacial score (nSPS) is 16.5. The fraction of sp³-hybridized carbons (Fsp3) is 0.200. The van der Waals surface area contributed by atoms with E-state index in [1.807, 2.05) is 23.1 Å². The van der Waals surface area contributed by atoms with Gasteiger partial charge in [0.05, 0.1) is 12.3 Å². The molecule has 2 aromatic carbocycles. The highest BCUT2D eigenvalue weighted by molar-refractivity contribution is 6.30. The Bertz CT molecular complexity index is 856. The molecule has 4 rings (SSSR count). The maximum atomic E-state index is 12.6. The van der Waals surface area contributed by atoms with Gasteiger partial charge in [-0.25, -0.2) is 4.79 Å². The van der Waals surface area contributed by atoms with Crippen molar-refractivity contribution in [2.45, 2.75) is 6.42 Å². The van der Waals surface area contributed by atoms with Gasteiger partial charge in [0.1, 0.15) is 0 Å². The van der Waals surface area contributed by atoms with Crippen molar-refractivity contribution in [2.24, 2.45) is 4.99 Å². The Labute approximate surface area is 151 Å². The van der Waals surface area contributed by atoms with Crippen LogP contribution in [0.2, 0.25) is 5.02 Å². The van der Waals surface area contributed by atoms with Crippen LogP contribution in [0.15, 0.2) is 70.7 Å². The average molecular weight is 352 g/mol. The predicted octanol–water partition coefficient (Wildman–Crippen LogP) is 4.38. The van der Waals surface area contributed by atoms with Crippen LogP contribution in [-0.2, 0) is 0 Å². The van der Waals surface area contributed by atoms with E-state index in [1.165, 1.54) is 11.1 Å². The van der Waals surface area contributed by atoms with Crippen molar-refractivity contribution >= 4 is 29.0 Å². The van der Waals surface area contributed by atoms with E-state index in [-0.39, 0.29) is 6.03 Å². The van der Waals surface area contributed by atoms with Gasteiger partial charge in [0.25, 0.3) is 0 Å². The van der Waals surface area contributed by atoms with Gasteiger partial charge in [-0.3, -0.25) is 4.99 Å². The lowest BCUT2D eigenvalue weighted by molar-refractivity contribution is 0.215. The summed E-state index contributed by atoms with van der Waals surface area (Å²) in [5.74, 6) is 0. The van der Waals surface area contributed by atoms with E-state index in [0.29, 0.717) is 11.6 Å². The summed E-state index contributed by atoms with van der Waals surface area (Å²) in [5, 5.41) is 3.59. The second-order valence-corrected chi connectivity index (χ2v) is 6.66. The van der Waals surface area contributed by atoms with E-state index < -0.39 is 0 Å². The van der Waals surface area contributed by atoms with Gasteiger partial charge in [-0.15, -0.1) is 0 Å². The highest BCUT2D eigenvalue weighted by Gasteiger charge is 2.29. The van der Waals surface area contributed by atoms with Crippen LogP contribution in [0.1, 0.15) is 12.0 Å². The molecule has 4 nitrogen and oxygen atoms in total. The summed E-state index contributed by atoms with van der Waals surface area (Å²) in [7, 11) is 0. The van der Waals surface area contributed by atoms with Crippen molar-refractivity contribution in [2.75, 3.05) is 25.0 Å². The van der Waals surface area contributed by atoms with Gasteiger partial charge >= 0.3 is 6.03 Å². The number of halogens is 1. The first-order valence-corrected chi connectivity index (χ1v) is 8.71. The topological polar surface area (TPSA) is 44.7 Å². The first-order valence-electron chi connectivity index (χ1n) is 8.33. The summed E-state index contributed by atoms with van der Waals surface area (Å²) in [6.45, 7) is 2.07. The number of rotatable bonds is 2. The van der Waals surface area contributed by atoms with Crippen LogP contribution in [0, 0.1) is 0 Å². The summed E-state index contributed by atoms with van der Waals surface area (Å²) in [6, 6.07) is 17.2. The molecule has 0 aromatic heterocycles. The molecule has 0 unspecified atom stereocenters. The molecule has 2 heterocycles. The summed E-state index contributed by atoms with van der Waals surface area (Å²) >= 11 is 5.89. The Morgan fingerprint density at radius 1 is 1.08 bits per heavy atom. The fourth-order valence-corrected chi connectivity index (χ4v) is 3.39. The first-order chi connectivity index (χ1) is 12.2. The van der Waals surface area contributed by atoms with E-state index in [0.717, 1.165) is 36.5 Å². The third-order valence-corrected chi connectivity index (χ3v) is 4.86. The monoisotopic (exact) mass is 351 g/mol. The maximum absolute atomic E-state index is 12.6. The van der Waals surface area contributed by atoms with Gasteiger partial charge in [-0.1, -0.05) is 41.9 Å². The molecule has 0 saturated heterocycles. The van der Waals surface area contributed by atoms with Gasteiger partial charge in [-0.2, -0.15) is 0 Å². The Kier molecular flexibility index (Phi) is 4.28. The number of nitrogens with zero attached hydrogens (tertiary/aromatic N) is 2. The molecule has 0 fully saturated rings. The van der Waals surface area contributed by atoms with Crippen molar-refractivity contribution in [3.8, 4) is 0 Å². The lowest BCUT2D eigenvalue weighted by atomic mass is 9.95. The lowest BCUT2D eigenvalue weighted by Gasteiger charge is -2.29. The van der Waals surface area contributed by atoms with Gasteiger partial charge in [0.2, 0.25) is 0 Å². The number of hydrogen-bond acceptors (Lipinski definition) is 2. The molecule has 126 valence electrons. The number of aliphatic imine (C=N–C) groups is 1. The van der Waals surface area contributed by atoms with Crippen LogP contribution in [-0.4, -0.2) is 36.3 Å². The van der Waals surface area contributed by atoms with Crippen LogP contribution in [0.25, 0.3) is 0 Å². The Hall–Kier alpha value is -2.59. The van der Waals surface area contributed by atoms with E-state index in [4.69, 9.17) is 16.6 Å². The van der Waals surface area contributed by atoms with E-state index in [2.05, 4.69) is 17.4 Å². The molecule has 2 aliphatic heterocycles. The van der Waals surface area contributed by atoms with Crippen molar-refractivity contribution in [3.63, 3.8) is 0 Å². The minimum absolute atomic E-state index is 0.0896. The van der Waals surface area contributed by atoms with Crippen LogP contribution in [0.5, 0.6) is 0 Å². The zero-order valence-electron chi connectivity index (χ0n) is 13.7. The van der Waals surface area contributed by atoms with Crippen molar-refractivity contribution in [1.82, 2.24) is 4.90 Å². The number of carbonyl (C=O) groups is 1. The Balaban J connectivity index is 1.49. The lowest BCUT2D eigenvalue weighted by Crippen LogP contribution is -2.40. The molecule has 0 spiro atoms. The highest BCUT2D eigenvalue weighted by atomic mass is 35.5. The molecule has 25 heavy (non-hydrogen) atoms. The molecule has 0 bridgehead atoms. The SMILES string of the molecule is O=C(Nc1ccc(Cl)cc1)N1CCC2=C(C1)C(c1ccccc1)=NC2.